The number of hydrogen-bond acceptors (Lipinski definition) is 4. The van der Waals surface area contributed by atoms with Crippen LogP contribution in [0.4, 0.5) is 0 Å². The largest absolute Gasteiger partial charge is 0.477 e. The van der Waals surface area contributed by atoms with E-state index in [0.717, 1.165) is 31.7 Å². The van der Waals surface area contributed by atoms with Gasteiger partial charge in [0.2, 0.25) is 0 Å². The maximum atomic E-state index is 10.8. The molecule has 6 heteroatoms. The van der Waals surface area contributed by atoms with Crippen LogP contribution in [0.25, 0.3) is 0 Å². The maximum Gasteiger partial charge on any atom is 0.354 e. The topological polar surface area (TPSA) is 81.2 Å². The number of H-pyrrole nitrogens is 1. The first kappa shape index (κ1) is 10.1. The van der Waals surface area contributed by atoms with Crippen LogP contribution in [-0.4, -0.2) is 52.4 Å². The summed E-state index contributed by atoms with van der Waals surface area (Å²) in [5.74, 6) is -0.947. The first-order valence-corrected chi connectivity index (χ1v) is 4.96. The number of nitrogens with zero attached hydrogens (tertiary/aromatic N) is 2. The van der Waals surface area contributed by atoms with E-state index in [1.54, 1.807) is 6.20 Å². The molecule has 0 unspecified atom stereocenters. The number of aromatic carboxylic acids is 1. The van der Waals surface area contributed by atoms with Gasteiger partial charge in [0, 0.05) is 38.3 Å². The minimum Gasteiger partial charge on any atom is -0.477 e. The third-order valence-electron chi connectivity index (χ3n) is 2.54. The Labute approximate surface area is 87.3 Å². The molecule has 1 aliphatic rings. The van der Waals surface area contributed by atoms with Crippen molar-refractivity contribution in [2.24, 2.45) is 0 Å². The molecular weight excluding hydrogens is 196 g/mol. The van der Waals surface area contributed by atoms with Crippen molar-refractivity contribution in [3.8, 4) is 0 Å². The van der Waals surface area contributed by atoms with Crippen molar-refractivity contribution in [2.75, 3.05) is 26.2 Å². The van der Waals surface area contributed by atoms with E-state index in [9.17, 15) is 4.79 Å². The second-order valence-corrected chi connectivity index (χ2v) is 3.60. The lowest BCUT2D eigenvalue weighted by Crippen LogP contribution is -2.43. The van der Waals surface area contributed by atoms with Crippen LogP contribution in [0.15, 0.2) is 6.20 Å². The predicted octanol–water partition coefficient (Wildman–Crippen LogP) is -0.487. The number of carboxylic acids is 1. The smallest absolute Gasteiger partial charge is 0.354 e. The molecule has 1 aliphatic heterocycles. The average Bonchev–Trinajstić information content (AvgIpc) is 2.67. The molecule has 0 amide bonds. The first-order chi connectivity index (χ1) is 7.27. The number of carbonyl (C=O) groups is 1. The SMILES string of the molecule is O=C(O)c1[nH]ncc1CN1CCNCC1. The Morgan fingerprint density at radius 2 is 2.27 bits per heavy atom. The molecule has 6 nitrogen and oxygen atoms in total. The summed E-state index contributed by atoms with van der Waals surface area (Å²) in [7, 11) is 0. The Morgan fingerprint density at radius 1 is 1.53 bits per heavy atom. The lowest BCUT2D eigenvalue weighted by atomic mass is 10.2. The van der Waals surface area contributed by atoms with Gasteiger partial charge in [0.25, 0.3) is 0 Å². The van der Waals surface area contributed by atoms with Crippen LogP contribution in [0, 0.1) is 0 Å². The third-order valence-corrected chi connectivity index (χ3v) is 2.54. The minimum absolute atomic E-state index is 0.202. The Hall–Kier alpha value is -1.40. The molecule has 2 rings (SSSR count). The van der Waals surface area contributed by atoms with E-state index in [-0.39, 0.29) is 5.69 Å². The van der Waals surface area contributed by atoms with E-state index in [0.29, 0.717) is 6.54 Å². The fourth-order valence-corrected chi connectivity index (χ4v) is 1.73. The van der Waals surface area contributed by atoms with Gasteiger partial charge in [-0.05, 0) is 0 Å². The van der Waals surface area contributed by atoms with Gasteiger partial charge in [-0.3, -0.25) is 10.00 Å². The molecule has 1 aromatic heterocycles. The lowest BCUT2D eigenvalue weighted by molar-refractivity contribution is 0.0688. The Bertz CT molecular complexity index is 344. The fourth-order valence-electron chi connectivity index (χ4n) is 1.73. The lowest BCUT2D eigenvalue weighted by Gasteiger charge is -2.26. The van der Waals surface area contributed by atoms with Gasteiger partial charge in [0.05, 0.1) is 6.20 Å². The van der Waals surface area contributed by atoms with E-state index >= 15 is 0 Å². The molecule has 1 aromatic rings. The number of nitrogens with one attached hydrogen (secondary N) is 2. The molecule has 0 aliphatic carbocycles. The number of carboxylic acid groups (broad SMARTS) is 1. The quantitative estimate of drug-likeness (QED) is 0.627. The zero-order valence-corrected chi connectivity index (χ0v) is 8.36. The Balaban J connectivity index is 2.03. The van der Waals surface area contributed by atoms with E-state index in [4.69, 9.17) is 5.11 Å². The van der Waals surface area contributed by atoms with Crippen molar-refractivity contribution in [2.45, 2.75) is 6.54 Å². The van der Waals surface area contributed by atoms with Gasteiger partial charge in [0.1, 0.15) is 5.69 Å². The summed E-state index contributed by atoms with van der Waals surface area (Å²) < 4.78 is 0. The van der Waals surface area contributed by atoms with Crippen molar-refractivity contribution in [3.63, 3.8) is 0 Å². The monoisotopic (exact) mass is 210 g/mol. The molecule has 0 radical (unpaired) electrons. The van der Waals surface area contributed by atoms with Crippen LogP contribution in [0.1, 0.15) is 16.1 Å². The Kier molecular flexibility index (Phi) is 2.98. The van der Waals surface area contributed by atoms with E-state index in [1.165, 1.54) is 0 Å². The summed E-state index contributed by atoms with van der Waals surface area (Å²) in [6.45, 7) is 4.47. The van der Waals surface area contributed by atoms with Crippen molar-refractivity contribution in [1.29, 1.82) is 0 Å². The highest BCUT2D eigenvalue weighted by atomic mass is 16.4. The van der Waals surface area contributed by atoms with Gasteiger partial charge in [-0.1, -0.05) is 0 Å². The normalized spacial score (nSPS) is 17.9. The highest BCUT2D eigenvalue weighted by Gasteiger charge is 2.16. The second-order valence-electron chi connectivity index (χ2n) is 3.60. The van der Waals surface area contributed by atoms with Crippen LogP contribution in [0.5, 0.6) is 0 Å². The molecule has 1 saturated heterocycles. The van der Waals surface area contributed by atoms with E-state index in [1.807, 2.05) is 0 Å². The molecule has 0 aromatic carbocycles. The average molecular weight is 210 g/mol. The zero-order chi connectivity index (χ0) is 10.7. The molecule has 82 valence electrons. The molecule has 0 atom stereocenters. The number of rotatable bonds is 3. The van der Waals surface area contributed by atoms with E-state index in [2.05, 4.69) is 20.4 Å². The van der Waals surface area contributed by atoms with Gasteiger partial charge in [-0.25, -0.2) is 4.79 Å². The van der Waals surface area contributed by atoms with Gasteiger partial charge >= 0.3 is 5.97 Å². The number of piperazine rings is 1. The molecule has 0 bridgehead atoms. The van der Waals surface area contributed by atoms with Gasteiger partial charge in [-0.2, -0.15) is 5.10 Å². The molecule has 3 N–H and O–H groups in total. The van der Waals surface area contributed by atoms with Gasteiger partial charge < -0.3 is 10.4 Å². The van der Waals surface area contributed by atoms with Crippen LogP contribution >= 0.6 is 0 Å². The predicted molar refractivity (Wildman–Crippen MR) is 53.7 cm³/mol. The first-order valence-electron chi connectivity index (χ1n) is 4.96. The van der Waals surface area contributed by atoms with Crippen LogP contribution in [0.2, 0.25) is 0 Å². The van der Waals surface area contributed by atoms with Crippen LogP contribution in [-0.2, 0) is 6.54 Å². The molecular formula is C9H14N4O2. The van der Waals surface area contributed by atoms with Gasteiger partial charge in [0.15, 0.2) is 0 Å². The fraction of sp³-hybridized carbons (Fsp3) is 0.556. The summed E-state index contributed by atoms with van der Waals surface area (Å²) in [5.41, 5.74) is 0.956. The number of aromatic amines is 1. The molecule has 0 spiro atoms. The third kappa shape index (κ3) is 2.34. The molecule has 0 saturated carbocycles. The summed E-state index contributed by atoms with van der Waals surface area (Å²) in [6, 6.07) is 0. The highest BCUT2D eigenvalue weighted by Crippen LogP contribution is 2.08. The number of hydrogen-bond donors (Lipinski definition) is 3. The molecule has 2 heterocycles. The minimum atomic E-state index is -0.947. The van der Waals surface area contributed by atoms with Gasteiger partial charge in [-0.15, -0.1) is 0 Å². The van der Waals surface area contributed by atoms with Crippen molar-refractivity contribution >= 4 is 5.97 Å². The van der Waals surface area contributed by atoms with Crippen LogP contribution in [0.3, 0.4) is 0 Å². The summed E-state index contributed by atoms with van der Waals surface area (Å²) >= 11 is 0. The number of aromatic nitrogens is 2. The van der Waals surface area contributed by atoms with E-state index < -0.39 is 5.97 Å². The maximum absolute atomic E-state index is 10.8. The van der Waals surface area contributed by atoms with Crippen molar-refractivity contribution in [1.82, 2.24) is 20.4 Å². The van der Waals surface area contributed by atoms with Crippen molar-refractivity contribution < 1.29 is 9.90 Å². The molecule has 15 heavy (non-hydrogen) atoms. The highest BCUT2D eigenvalue weighted by molar-refractivity contribution is 5.86. The van der Waals surface area contributed by atoms with Crippen molar-refractivity contribution in [3.05, 3.63) is 17.5 Å². The summed E-state index contributed by atoms with van der Waals surface area (Å²) in [5, 5.41) is 18.4. The summed E-state index contributed by atoms with van der Waals surface area (Å²) in [6.07, 6.45) is 1.59. The standard InChI is InChI=1S/C9H14N4O2/c14-9(15)8-7(5-11-12-8)6-13-3-1-10-2-4-13/h5,10H,1-4,6H2,(H,11,12)(H,14,15). The summed E-state index contributed by atoms with van der Waals surface area (Å²) in [4.78, 5) is 13.0. The molecule has 1 fully saturated rings. The van der Waals surface area contributed by atoms with Crippen LogP contribution < -0.4 is 5.32 Å². The zero-order valence-electron chi connectivity index (χ0n) is 8.36. The second kappa shape index (κ2) is 4.41. The Morgan fingerprint density at radius 3 is 2.93 bits per heavy atom.